The van der Waals surface area contributed by atoms with E-state index in [2.05, 4.69) is 20.8 Å². The van der Waals surface area contributed by atoms with Crippen LogP contribution in [0, 0.1) is 11.8 Å². The lowest BCUT2D eigenvalue weighted by molar-refractivity contribution is 0.0481. The highest BCUT2D eigenvalue weighted by Crippen LogP contribution is 2.22. The summed E-state index contributed by atoms with van der Waals surface area (Å²) in [5.74, 6) is 1.39. The standard InChI is InChI=1S/C10H23NO/c1-5-9(8(2)3)6-7-10(4,11)12/h8-9,12H,5-7,11H2,1-4H3/t9-,10+/m1/s1. The Morgan fingerprint density at radius 3 is 2.17 bits per heavy atom. The minimum atomic E-state index is -0.984. The van der Waals surface area contributed by atoms with Gasteiger partial charge in [-0.15, -0.1) is 0 Å². The summed E-state index contributed by atoms with van der Waals surface area (Å²) in [6, 6.07) is 0. The molecule has 0 radical (unpaired) electrons. The first kappa shape index (κ1) is 11.9. The Hall–Kier alpha value is -0.0800. The fourth-order valence-corrected chi connectivity index (χ4v) is 1.49. The van der Waals surface area contributed by atoms with Crippen molar-refractivity contribution >= 4 is 0 Å². The zero-order chi connectivity index (χ0) is 9.78. The van der Waals surface area contributed by atoms with Crippen LogP contribution in [-0.2, 0) is 0 Å². The topological polar surface area (TPSA) is 46.2 Å². The van der Waals surface area contributed by atoms with E-state index in [4.69, 9.17) is 5.73 Å². The second-order valence-electron chi connectivity index (χ2n) is 4.31. The van der Waals surface area contributed by atoms with Crippen LogP contribution in [0.3, 0.4) is 0 Å². The van der Waals surface area contributed by atoms with Crippen molar-refractivity contribution in [3.63, 3.8) is 0 Å². The molecule has 3 N–H and O–H groups in total. The molecular weight excluding hydrogens is 150 g/mol. The third-order valence-electron chi connectivity index (χ3n) is 2.49. The maximum Gasteiger partial charge on any atom is 0.110 e. The third kappa shape index (κ3) is 5.56. The molecule has 0 aliphatic carbocycles. The third-order valence-corrected chi connectivity index (χ3v) is 2.49. The average Bonchev–Trinajstić information content (AvgIpc) is 1.85. The van der Waals surface area contributed by atoms with Crippen LogP contribution < -0.4 is 5.73 Å². The van der Waals surface area contributed by atoms with Crippen molar-refractivity contribution in [2.24, 2.45) is 17.6 Å². The molecule has 2 nitrogen and oxygen atoms in total. The highest BCUT2D eigenvalue weighted by Gasteiger charge is 2.17. The quantitative estimate of drug-likeness (QED) is 0.625. The Morgan fingerprint density at radius 2 is 1.92 bits per heavy atom. The van der Waals surface area contributed by atoms with Crippen LogP contribution in [0.4, 0.5) is 0 Å². The first-order chi connectivity index (χ1) is 5.37. The minimum absolute atomic E-state index is 0.692. The highest BCUT2D eigenvalue weighted by atomic mass is 16.3. The molecule has 0 rings (SSSR count). The van der Waals surface area contributed by atoms with E-state index in [9.17, 15) is 5.11 Å². The molecule has 0 saturated carbocycles. The zero-order valence-electron chi connectivity index (χ0n) is 8.80. The summed E-state index contributed by atoms with van der Waals surface area (Å²) in [4.78, 5) is 0. The van der Waals surface area contributed by atoms with Crippen molar-refractivity contribution in [1.82, 2.24) is 0 Å². The Kier molecular flexibility index (Phi) is 4.80. The summed E-state index contributed by atoms with van der Waals surface area (Å²) in [5.41, 5.74) is 4.51. The van der Waals surface area contributed by atoms with E-state index in [1.165, 1.54) is 6.42 Å². The van der Waals surface area contributed by atoms with Crippen LogP contribution in [-0.4, -0.2) is 10.8 Å². The van der Waals surface area contributed by atoms with Crippen molar-refractivity contribution in [3.05, 3.63) is 0 Å². The van der Waals surface area contributed by atoms with Crippen molar-refractivity contribution in [3.8, 4) is 0 Å². The predicted octanol–water partition coefficient (Wildman–Crippen LogP) is 2.12. The number of hydrogen-bond acceptors (Lipinski definition) is 2. The molecule has 0 amide bonds. The van der Waals surface area contributed by atoms with Crippen LogP contribution in [0.5, 0.6) is 0 Å². The van der Waals surface area contributed by atoms with Gasteiger partial charge in [0.15, 0.2) is 0 Å². The van der Waals surface area contributed by atoms with E-state index in [-0.39, 0.29) is 0 Å². The molecule has 0 aliphatic heterocycles. The molecule has 12 heavy (non-hydrogen) atoms. The lowest BCUT2D eigenvalue weighted by Crippen LogP contribution is -2.36. The molecule has 0 aromatic carbocycles. The van der Waals surface area contributed by atoms with Crippen LogP contribution in [0.25, 0.3) is 0 Å². The molecule has 0 heterocycles. The van der Waals surface area contributed by atoms with E-state index in [1.54, 1.807) is 6.92 Å². The number of aliphatic hydroxyl groups is 1. The molecule has 0 aliphatic rings. The van der Waals surface area contributed by atoms with Gasteiger partial charge in [0.2, 0.25) is 0 Å². The normalized spacial score (nSPS) is 19.2. The monoisotopic (exact) mass is 173 g/mol. The van der Waals surface area contributed by atoms with Crippen molar-refractivity contribution in [1.29, 1.82) is 0 Å². The van der Waals surface area contributed by atoms with Gasteiger partial charge in [-0.2, -0.15) is 0 Å². The molecule has 0 bridgehead atoms. The molecular formula is C10H23NO. The maximum atomic E-state index is 9.32. The van der Waals surface area contributed by atoms with Gasteiger partial charge in [0.05, 0.1) is 0 Å². The van der Waals surface area contributed by atoms with E-state index in [0.717, 1.165) is 6.42 Å². The van der Waals surface area contributed by atoms with Gasteiger partial charge in [0, 0.05) is 0 Å². The smallest absolute Gasteiger partial charge is 0.110 e. The highest BCUT2D eigenvalue weighted by molar-refractivity contribution is 4.68. The zero-order valence-corrected chi connectivity index (χ0v) is 8.80. The summed E-state index contributed by atoms with van der Waals surface area (Å²) >= 11 is 0. The van der Waals surface area contributed by atoms with E-state index in [1.807, 2.05) is 0 Å². The SMILES string of the molecule is CC[C@H](CC[C@@](C)(N)O)C(C)C. The molecule has 0 unspecified atom stereocenters. The van der Waals surface area contributed by atoms with Crippen molar-refractivity contribution in [2.75, 3.05) is 0 Å². The fourth-order valence-electron chi connectivity index (χ4n) is 1.49. The Bertz CT molecular complexity index is 115. The van der Waals surface area contributed by atoms with E-state index < -0.39 is 5.72 Å². The minimum Gasteiger partial charge on any atom is -0.376 e. The summed E-state index contributed by atoms with van der Waals surface area (Å²) in [6.07, 6.45) is 2.90. The second-order valence-corrected chi connectivity index (χ2v) is 4.31. The summed E-state index contributed by atoms with van der Waals surface area (Å²) in [7, 11) is 0. The lowest BCUT2D eigenvalue weighted by atomic mass is 9.87. The first-order valence-electron chi connectivity index (χ1n) is 4.88. The Morgan fingerprint density at radius 1 is 1.42 bits per heavy atom. The number of nitrogens with two attached hydrogens (primary N) is 1. The van der Waals surface area contributed by atoms with Gasteiger partial charge >= 0.3 is 0 Å². The van der Waals surface area contributed by atoms with Crippen LogP contribution in [0.2, 0.25) is 0 Å². The van der Waals surface area contributed by atoms with Gasteiger partial charge in [0.25, 0.3) is 0 Å². The van der Waals surface area contributed by atoms with E-state index >= 15 is 0 Å². The maximum absolute atomic E-state index is 9.32. The fraction of sp³-hybridized carbons (Fsp3) is 1.00. The Balaban J connectivity index is 3.73. The van der Waals surface area contributed by atoms with Gasteiger partial charge < -0.3 is 10.8 Å². The molecule has 2 heteroatoms. The first-order valence-corrected chi connectivity index (χ1v) is 4.88. The van der Waals surface area contributed by atoms with Crippen LogP contribution >= 0.6 is 0 Å². The lowest BCUT2D eigenvalue weighted by Gasteiger charge is -2.23. The van der Waals surface area contributed by atoms with E-state index in [0.29, 0.717) is 18.3 Å². The van der Waals surface area contributed by atoms with Crippen molar-refractivity contribution < 1.29 is 5.11 Å². The molecule has 0 aromatic rings. The summed E-state index contributed by atoms with van der Waals surface area (Å²) < 4.78 is 0. The molecule has 2 atom stereocenters. The van der Waals surface area contributed by atoms with Crippen LogP contribution in [0.1, 0.15) is 47.0 Å². The number of rotatable bonds is 5. The van der Waals surface area contributed by atoms with Gasteiger partial charge in [-0.25, -0.2) is 0 Å². The van der Waals surface area contributed by atoms with Gasteiger partial charge in [-0.3, -0.25) is 0 Å². The summed E-state index contributed by atoms with van der Waals surface area (Å²) in [5, 5.41) is 9.32. The largest absolute Gasteiger partial charge is 0.376 e. The predicted molar refractivity (Wildman–Crippen MR) is 52.7 cm³/mol. The van der Waals surface area contributed by atoms with Gasteiger partial charge in [-0.1, -0.05) is 27.2 Å². The number of hydrogen-bond donors (Lipinski definition) is 2. The van der Waals surface area contributed by atoms with Crippen molar-refractivity contribution in [2.45, 2.75) is 52.7 Å². The molecule has 0 saturated heterocycles. The van der Waals surface area contributed by atoms with Crippen LogP contribution in [0.15, 0.2) is 0 Å². The molecule has 0 aromatic heterocycles. The van der Waals surface area contributed by atoms with Gasteiger partial charge in [-0.05, 0) is 31.6 Å². The average molecular weight is 173 g/mol. The second kappa shape index (κ2) is 4.83. The summed E-state index contributed by atoms with van der Waals surface area (Å²) in [6.45, 7) is 8.30. The molecule has 0 spiro atoms. The van der Waals surface area contributed by atoms with Gasteiger partial charge in [0.1, 0.15) is 5.72 Å². The molecule has 0 fully saturated rings. The molecule has 74 valence electrons. The Labute approximate surface area is 76.2 Å².